The Hall–Kier alpha value is -1.93. The molecule has 0 radical (unpaired) electrons. The first-order chi connectivity index (χ1) is 11.7. The molecule has 0 aromatic heterocycles. The number of halogens is 1. The molecule has 136 valence electrons. The van der Waals surface area contributed by atoms with Gasteiger partial charge in [0, 0.05) is 23.0 Å². The molecule has 1 aliphatic heterocycles. The third kappa shape index (κ3) is 6.47. The van der Waals surface area contributed by atoms with Crippen LogP contribution in [0.25, 0.3) is 0 Å². The monoisotopic (exact) mass is 387 g/mol. The van der Waals surface area contributed by atoms with Crippen molar-refractivity contribution >= 4 is 39.1 Å². The number of carbonyl (C=O) groups excluding carboxylic acids is 3. The topological polar surface area (TPSA) is 107 Å². The van der Waals surface area contributed by atoms with Gasteiger partial charge in [-0.1, -0.05) is 11.6 Å². The molecule has 1 saturated heterocycles. The number of sulfone groups is 1. The maximum Gasteiger partial charge on any atom is 0.306 e. The standard InChI is InChI=1S/C16H18ClNO6S/c17-12-3-1-11(2-4-12)14(19)5-6-16(21)24-9-15(20)18-13-7-8-25(22,23)10-13/h1-4,13H,5-10H2,(H,18,20)/t13-/m1/s1. The summed E-state index contributed by atoms with van der Waals surface area (Å²) in [4.78, 5) is 35.2. The summed E-state index contributed by atoms with van der Waals surface area (Å²) in [5.74, 6) is -1.50. The number of esters is 1. The lowest BCUT2D eigenvalue weighted by atomic mass is 10.1. The Bertz CT molecular complexity index is 759. The average molecular weight is 388 g/mol. The average Bonchev–Trinajstić information content (AvgIpc) is 2.90. The molecule has 1 aromatic carbocycles. The lowest BCUT2D eigenvalue weighted by Crippen LogP contribution is -2.38. The molecule has 0 aliphatic carbocycles. The van der Waals surface area contributed by atoms with Crippen LogP contribution in [0.3, 0.4) is 0 Å². The Morgan fingerprint density at radius 3 is 2.44 bits per heavy atom. The van der Waals surface area contributed by atoms with Crippen molar-refractivity contribution in [1.29, 1.82) is 0 Å². The predicted molar refractivity (Wildman–Crippen MR) is 91.2 cm³/mol. The third-order valence-electron chi connectivity index (χ3n) is 3.68. The van der Waals surface area contributed by atoms with Crippen LogP contribution in [0.5, 0.6) is 0 Å². The molecule has 1 amide bonds. The smallest absolute Gasteiger partial charge is 0.306 e. The highest BCUT2D eigenvalue weighted by atomic mass is 35.5. The Morgan fingerprint density at radius 1 is 1.16 bits per heavy atom. The second-order valence-corrected chi connectivity index (χ2v) is 8.42. The van der Waals surface area contributed by atoms with Gasteiger partial charge in [0.15, 0.2) is 22.2 Å². The van der Waals surface area contributed by atoms with E-state index in [1.807, 2.05) is 0 Å². The van der Waals surface area contributed by atoms with Crippen molar-refractivity contribution in [3.8, 4) is 0 Å². The highest BCUT2D eigenvalue weighted by Crippen LogP contribution is 2.12. The van der Waals surface area contributed by atoms with Crippen LogP contribution in [0.4, 0.5) is 0 Å². The molecular weight excluding hydrogens is 370 g/mol. The maximum absolute atomic E-state index is 11.9. The Morgan fingerprint density at radius 2 is 1.84 bits per heavy atom. The van der Waals surface area contributed by atoms with E-state index in [-0.39, 0.29) is 30.1 Å². The van der Waals surface area contributed by atoms with Crippen molar-refractivity contribution in [2.24, 2.45) is 0 Å². The van der Waals surface area contributed by atoms with E-state index in [2.05, 4.69) is 5.32 Å². The number of hydrogen-bond acceptors (Lipinski definition) is 6. The van der Waals surface area contributed by atoms with Gasteiger partial charge >= 0.3 is 5.97 Å². The molecule has 2 rings (SSSR count). The van der Waals surface area contributed by atoms with Gasteiger partial charge in [0.2, 0.25) is 0 Å². The molecule has 1 fully saturated rings. The minimum atomic E-state index is -3.09. The third-order valence-corrected chi connectivity index (χ3v) is 5.70. The molecule has 0 spiro atoms. The van der Waals surface area contributed by atoms with Crippen molar-refractivity contribution in [3.05, 3.63) is 34.9 Å². The van der Waals surface area contributed by atoms with Crippen LogP contribution in [0, 0.1) is 0 Å². The molecule has 0 unspecified atom stereocenters. The van der Waals surface area contributed by atoms with Gasteiger partial charge in [0.05, 0.1) is 17.9 Å². The Kier molecular flexibility index (Phi) is 6.55. The molecular formula is C16H18ClNO6S. The minimum absolute atomic E-state index is 0.0387. The van der Waals surface area contributed by atoms with E-state index in [0.29, 0.717) is 17.0 Å². The number of carbonyl (C=O) groups is 3. The minimum Gasteiger partial charge on any atom is -0.456 e. The normalized spacial score (nSPS) is 18.5. The molecule has 25 heavy (non-hydrogen) atoms. The molecule has 0 bridgehead atoms. The highest BCUT2D eigenvalue weighted by Gasteiger charge is 2.29. The number of Topliss-reactive ketones (excluding diaryl/α,β-unsaturated/α-hetero) is 1. The molecule has 9 heteroatoms. The van der Waals surface area contributed by atoms with Crippen LogP contribution < -0.4 is 5.32 Å². The van der Waals surface area contributed by atoms with Crippen LogP contribution in [-0.2, 0) is 24.2 Å². The summed E-state index contributed by atoms with van der Waals surface area (Å²) >= 11 is 5.73. The van der Waals surface area contributed by atoms with E-state index >= 15 is 0 Å². The molecule has 1 atom stereocenters. The first-order valence-corrected chi connectivity index (χ1v) is 9.89. The second kappa shape index (κ2) is 8.44. The van der Waals surface area contributed by atoms with Crippen molar-refractivity contribution in [2.45, 2.75) is 25.3 Å². The summed E-state index contributed by atoms with van der Waals surface area (Å²) in [6.45, 7) is -0.496. The van der Waals surface area contributed by atoms with E-state index in [9.17, 15) is 22.8 Å². The summed E-state index contributed by atoms with van der Waals surface area (Å²) in [7, 11) is -3.09. The van der Waals surface area contributed by atoms with Gasteiger partial charge in [0.1, 0.15) is 0 Å². The number of hydrogen-bond donors (Lipinski definition) is 1. The van der Waals surface area contributed by atoms with Gasteiger partial charge in [-0.25, -0.2) is 8.42 Å². The molecule has 1 aromatic rings. The first kappa shape index (κ1) is 19.4. The van der Waals surface area contributed by atoms with E-state index in [0.717, 1.165) is 0 Å². The Balaban J connectivity index is 1.67. The number of ether oxygens (including phenoxy) is 1. The maximum atomic E-state index is 11.9. The zero-order chi connectivity index (χ0) is 18.4. The lowest BCUT2D eigenvalue weighted by molar-refractivity contribution is -0.148. The number of nitrogens with one attached hydrogen (secondary N) is 1. The number of rotatable bonds is 7. The van der Waals surface area contributed by atoms with E-state index in [1.165, 1.54) is 0 Å². The quantitative estimate of drug-likeness (QED) is 0.555. The zero-order valence-electron chi connectivity index (χ0n) is 13.4. The molecule has 1 N–H and O–H groups in total. The fourth-order valence-electron chi connectivity index (χ4n) is 2.39. The fourth-order valence-corrected chi connectivity index (χ4v) is 4.19. The molecule has 1 aliphatic rings. The van der Waals surface area contributed by atoms with Crippen LogP contribution in [0.1, 0.15) is 29.6 Å². The summed E-state index contributed by atoms with van der Waals surface area (Å²) < 4.78 is 27.4. The van der Waals surface area contributed by atoms with Crippen molar-refractivity contribution in [1.82, 2.24) is 5.32 Å². The van der Waals surface area contributed by atoms with Gasteiger partial charge < -0.3 is 10.1 Å². The predicted octanol–water partition coefficient (Wildman–Crippen LogP) is 1.15. The van der Waals surface area contributed by atoms with Crippen LogP contribution in [0.15, 0.2) is 24.3 Å². The van der Waals surface area contributed by atoms with Gasteiger partial charge in [-0.3, -0.25) is 14.4 Å². The van der Waals surface area contributed by atoms with Crippen molar-refractivity contribution < 1.29 is 27.5 Å². The molecule has 7 nitrogen and oxygen atoms in total. The largest absolute Gasteiger partial charge is 0.456 e. The summed E-state index contributed by atoms with van der Waals surface area (Å²) in [5, 5.41) is 3.02. The SMILES string of the molecule is O=C(COC(=O)CCC(=O)c1ccc(Cl)cc1)N[C@@H]1CCS(=O)(=O)C1. The van der Waals surface area contributed by atoms with Crippen LogP contribution in [0.2, 0.25) is 5.02 Å². The second-order valence-electron chi connectivity index (χ2n) is 5.76. The lowest BCUT2D eigenvalue weighted by Gasteiger charge is -2.11. The van der Waals surface area contributed by atoms with Crippen molar-refractivity contribution in [3.63, 3.8) is 0 Å². The van der Waals surface area contributed by atoms with E-state index < -0.39 is 34.4 Å². The molecule has 0 saturated carbocycles. The van der Waals surface area contributed by atoms with E-state index in [4.69, 9.17) is 16.3 Å². The highest BCUT2D eigenvalue weighted by molar-refractivity contribution is 7.91. The summed E-state index contributed by atoms with van der Waals surface area (Å²) in [6.07, 6.45) is 0.174. The van der Waals surface area contributed by atoms with Gasteiger partial charge in [0.25, 0.3) is 5.91 Å². The number of ketones is 1. The van der Waals surface area contributed by atoms with Gasteiger partial charge in [-0.05, 0) is 30.7 Å². The first-order valence-electron chi connectivity index (χ1n) is 7.69. The number of amides is 1. The summed E-state index contributed by atoms with van der Waals surface area (Å²) in [6, 6.07) is 5.86. The fraction of sp³-hybridized carbons (Fsp3) is 0.438. The Labute approximate surface area is 150 Å². The van der Waals surface area contributed by atoms with Gasteiger partial charge in [-0.2, -0.15) is 0 Å². The van der Waals surface area contributed by atoms with Crippen LogP contribution in [-0.4, -0.2) is 50.2 Å². The summed E-state index contributed by atoms with van der Waals surface area (Å²) in [5.41, 5.74) is 0.442. The van der Waals surface area contributed by atoms with Gasteiger partial charge in [-0.15, -0.1) is 0 Å². The zero-order valence-corrected chi connectivity index (χ0v) is 14.9. The van der Waals surface area contributed by atoms with E-state index in [1.54, 1.807) is 24.3 Å². The molecule has 1 heterocycles. The van der Waals surface area contributed by atoms with Crippen molar-refractivity contribution in [2.75, 3.05) is 18.1 Å². The van der Waals surface area contributed by atoms with Crippen LogP contribution >= 0.6 is 11.6 Å². The number of benzene rings is 1.